The molecule has 1 aliphatic rings. The Balaban J connectivity index is 2.18. The first-order valence-electron chi connectivity index (χ1n) is 2.92. The maximum absolute atomic E-state index is 10.3. The van der Waals surface area contributed by atoms with Gasteiger partial charge in [-0.1, -0.05) is 0 Å². The summed E-state index contributed by atoms with van der Waals surface area (Å²) in [6.45, 7) is 0.388. The molecule has 1 rings (SSSR count). The standard InChI is InChI=1S/C5H10O3S/c1-9(6,7)8-4-5-2-3-5/h5H,2-4H2,1H3. The van der Waals surface area contributed by atoms with Gasteiger partial charge in [-0.3, -0.25) is 4.18 Å². The van der Waals surface area contributed by atoms with E-state index in [9.17, 15) is 8.42 Å². The van der Waals surface area contributed by atoms with Gasteiger partial charge in [0.15, 0.2) is 0 Å². The Morgan fingerprint density at radius 1 is 1.56 bits per heavy atom. The van der Waals surface area contributed by atoms with Crippen molar-refractivity contribution < 1.29 is 12.6 Å². The minimum absolute atomic E-state index is 0.388. The van der Waals surface area contributed by atoms with Crippen LogP contribution in [0.1, 0.15) is 12.8 Å². The maximum Gasteiger partial charge on any atom is 0.264 e. The van der Waals surface area contributed by atoms with Gasteiger partial charge < -0.3 is 0 Å². The summed E-state index contributed by atoms with van der Waals surface area (Å²) < 4.78 is 25.2. The summed E-state index contributed by atoms with van der Waals surface area (Å²) in [4.78, 5) is 0. The summed E-state index contributed by atoms with van der Waals surface area (Å²) in [5.41, 5.74) is 0. The van der Waals surface area contributed by atoms with E-state index in [1.165, 1.54) is 0 Å². The highest BCUT2D eigenvalue weighted by molar-refractivity contribution is 7.85. The summed E-state index contributed by atoms with van der Waals surface area (Å²) in [6, 6.07) is 0. The first-order chi connectivity index (χ1) is 4.08. The van der Waals surface area contributed by atoms with Crippen LogP contribution in [0.2, 0.25) is 0 Å². The Morgan fingerprint density at radius 2 is 2.11 bits per heavy atom. The molecule has 1 fully saturated rings. The summed E-state index contributed by atoms with van der Waals surface area (Å²) >= 11 is 0. The van der Waals surface area contributed by atoms with E-state index in [0.29, 0.717) is 12.5 Å². The van der Waals surface area contributed by atoms with E-state index in [2.05, 4.69) is 4.18 Å². The van der Waals surface area contributed by atoms with Crippen molar-refractivity contribution >= 4 is 10.1 Å². The van der Waals surface area contributed by atoms with Gasteiger partial charge in [0.2, 0.25) is 0 Å². The van der Waals surface area contributed by atoms with Crippen molar-refractivity contribution in [1.29, 1.82) is 0 Å². The molecule has 0 heterocycles. The molecule has 0 saturated heterocycles. The van der Waals surface area contributed by atoms with Crippen LogP contribution in [0.5, 0.6) is 0 Å². The first kappa shape index (κ1) is 7.02. The summed E-state index contributed by atoms with van der Waals surface area (Å²) in [6.07, 6.45) is 3.32. The fourth-order valence-corrected chi connectivity index (χ4v) is 0.944. The van der Waals surface area contributed by atoms with Crippen LogP contribution in [-0.2, 0) is 14.3 Å². The van der Waals surface area contributed by atoms with Gasteiger partial charge in [-0.15, -0.1) is 0 Å². The largest absolute Gasteiger partial charge is 0.270 e. The highest BCUT2D eigenvalue weighted by Crippen LogP contribution is 2.29. The van der Waals surface area contributed by atoms with E-state index in [0.717, 1.165) is 19.1 Å². The Morgan fingerprint density at radius 3 is 2.44 bits per heavy atom. The third-order valence-electron chi connectivity index (χ3n) is 1.21. The SMILES string of the molecule is CS(=O)(=O)OCC1CC1. The van der Waals surface area contributed by atoms with E-state index in [-0.39, 0.29) is 0 Å². The quantitative estimate of drug-likeness (QED) is 0.546. The van der Waals surface area contributed by atoms with Crippen LogP contribution in [0.15, 0.2) is 0 Å². The van der Waals surface area contributed by atoms with Gasteiger partial charge in [0.25, 0.3) is 10.1 Å². The predicted molar refractivity (Wildman–Crippen MR) is 33.5 cm³/mol. The molecule has 0 N–H and O–H groups in total. The highest BCUT2D eigenvalue weighted by Gasteiger charge is 2.22. The van der Waals surface area contributed by atoms with Gasteiger partial charge in [-0.25, -0.2) is 0 Å². The zero-order valence-electron chi connectivity index (χ0n) is 5.33. The lowest BCUT2D eigenvalue weighted by Crippen LogP contribution is -2.04. The van der Waals surface area contributed by atoms with Gasteiger partial charge in [-0.2, -0.15) is 8.42 Å². The Kier molecular flexibility index (Phi) is 1.77. The van der Waals surface area contributed by atoms with Crippen LogP contribution < -0.4 is 0 Å². The molecule has 0 spiro atoms. The molecule has 0 bridgehead atoms. The molecule has 0 amide bonds. The van der Waals surface area contributed by atoms with Crippen molar-refractivity contribution in [3.63, 3.8) is 0 Å². The molecule has 0 aromatic heterocycles. The molecular formula is C5H10O3S. The van der Waals surface area contributed by atoms with Crippen molar-refractivity contribution in [2.75, 3.05) is 12.9 Å². The second-order valence-electron chi connectivity index (χ2n) is 2.43. The van der Waals surface area contributed by atoms with E-state index in [1.54, 1.807) is 0 Å². The monoisotopic (exact) mass is 150 g/mol. The Labute approximate surface area is 55.1 Å². The molecule has 9 heavy (non-hydrogen) atoms. The molecule has 1 aliphatic carbocycles. The maximum atomic E-state index is 10.3. The van der Waals surface area contributed by atoms with E-state index in [4.69, 9.17) is 0 Å². The van der Waals surface area contributed by atoms with Crippen LogP contribution >= 0.6 is 0 Å². The Hall–Kier alpha value is -0.0900. The lowest BCUT2D eigenvalue weighted by atomic mass is 10.5. The van der Waals surface area contributed by atoms with Gasteiger partial charge in [0.05, 0.1) is 12.9 Å². The van der Waals surface area contributed by atoms with Gasteiger partial charge in [0.1, 0.15) is 0 Å². The molecule has 0 atom stereocenters. The lowest BCUT2D eigenvalue weighted by Gasteiger charge is -1.95. The third-order valence-corrected chi connectivity index (χ3v) is 1.78. The molecule has 3 nitrogen and oxygen atoms in total. The summed E-state index contributed by atoms with van der Waals surface area (Å²) in [5.74, 6) is 0.514. The molecule has 1 saturated carbocycles. The average molecular weight is 150 g/mol. The normalized spacial score (nSPS) is 20.1. The van der Waals surface area contributed by atoms with Gasteiger partial charge in [0, 0.05) is 0 Å². The zero-order valence-corrected chi connectivity index (χ0v) is 6.15. The fourth-order valence-electron chi connectivity index (χ4n) is 0.504. The van der Waals surface area contributed by atoms with E-state index in [1.807, 2.05) is 0 Å². The fraction of sp³-hybridized carbons (Fsp3) is 1.00. The first-order valence-corrected chi connectivity index (χ1v) is 4.74. The van der Waals surface area contributed by atoms with Crippen LogP contribution in [0.25, 0.3) is 0 Å². The molecule has 0 aromatic rings. The molecule has 0 radical (unpaired) electrons. The van der Waals surface area contributed by atoms with Crippen molar-refractivity contribution in [3.05, 3.63) is 0 Å². The van der Waals surface area contributed by atoms with Crippen LogP contribution in [0.4, 0.5) is 0 Å². The van der Waals surface area contributed by atoms with E-state index < -0.39 is 10.1 Å². The summed E-state index contributed by atoms with van der Waals surface area (Å²) in [5, 5.41) is 0. The highest BCUT2D eigenvalue weighted by atomic mass is 32.2. The van der Waals surface area contributed by atoms with Crippen LogP contribution in [0, 0.1) is 5.92 Å². The van der Waals surface area contributed by atoms with Gasteiger partial charge >= 0.3 is 0 Å². The van der Waals surface area contributed by atoms with Crippen molar-refractivity contribution in [2.24, 2.45) is 5.92 Å². The second-order valence-corrected chi connectivity index (χ2v) is 4.08. The van der Waals surface area contributed by atoms with Crippen LogP contribution in [0.3, 0.4) is 0 Å². The Bertz CT molecular complexity index is 178. The second kappa shape index (κ2) is 2.27. The number of hydrogen-bond donors (Lipinski definition) is 0. The smallest absolute Gasteiger partial charge is 0.264 e. The molecule has 54 valence electrons. The minimum atomic E-state index is -3.18. The lowest BCUT2D eigenvalue weighted by molar-refractivity contribution is 0.305. The van der Waals surface area contributed by atoms with E-state index >= 15 is 0 Å². The average Bonchev–Trinajstić information content (AvgIpc) is 2.38. The number of rotatable bonds is 3. The van der Waals surface area contributed by atoms with Crippen LogP contribution in [-0.4, -0.2) is 21.3 Å². The van der Waals surface area contributed by atoms with Crippen molar-refractivity contribution in [3.8, 4) is 0 Å². The van der Waals surface area contributed by atoms with Crippen molar-refractivity contribution in [1.82, 2.24) is 0 Å². The minimum Gasteiger partial charge on any atom is -0.270 e. The predicted octanol–water partition coefficient (Wildman–Crippen LogP) is 0.373. The topological polar surface area (TPSA) is 43.4 Å². The number of hydrogen-bond acceptors (Lipinski definition) is 3. The third kappa shape index (κ3) is 3.48. The molecule has 0 unspecified atom stereocenters. The molecule has 0 aliphatic heterocycles. The molecular weight excluding hydrogens is 140 g/mol. The molecule has 4 heteroatoms. The summed E-state index contributed by atoms with van der Waals surface area (Å²) in [7, 11) is -3.18. The zero-order chi connectivity index (χ0) is 6.91. The van der Waals surface area contributed by atoms with Crippen molar-refractivity contribution in [2.45, 2.75) is 12.8 Å². The van der Waals surface area contributed by atoms with Gasteiger partial charge in [-0.05, 0) is 18.8 Å². The molecule has 0 aromatic carbocycles.